The topological polar surface area (TPSA) is 22.4 Å². The Hall–Kier alpha value is -2.62. The molecular weight excluding hydrogens is 412 g/mol. The maximum Gasteiger partial charge on any atom is 0.142 e. The molecule has 4 rings (SSSR count). The molecule has 0 N–H and O–H groups in total. The normalized spacial score (nSPS) is 12.1. The summed E-state index contributed by atoms with van der Waals surface area (Å²) in [6.45, 7) is 2.01. The van der Waals surface area contributed by atoms with E-state index in [2.05, 4.69) is 64.5 Å². The molecular formula is C25H21BrO2. The molecule has 0 saturated heterocycles. The van der Waals surface area contributed by atoms with Crippen molar-refractivity contribution < 1.29 is 9.15 Å². The summed E-state index contributed by atoms with van der Waals surface area (Å²) < 4.78 is 13.3. The fraction of sp³-hybridized carbons (Fsp3) is 0.120. The maximum atomic E-state index is 6.33. The predicted octanol–water partition coefficient (Wildman–Crippen LogP) is 7.42. The summed E-state index contributed by atoms with van der Waals surface area (Å²) in [6, 6.07) is 28.8. The minimum atomic E-state index is -0.207. The molecule has 0 amide bonds. The van der Waals surface area contributed by atoms with Crippen LogP contribution < -0.4 is 0 Å². The number of furan rings is 1. The first-order valence-electron chi connectivity index (χ1n) is 9.21. The molecule has 0 spiro atoms. The van der Waals surface area contributed by atoms with Gasteiger partial charge in [0.2, 0.25) is 0 Å². The highest BCUT2D eigenvalue weighted by molar-refractivity contribution is 9.10. The average molecular weight is 433 g/mol. The van der Waals surface area contributed by atoms with Gasteiger partial charge in [-0.15, -0.1) is 0 Å². The third-order valence-electron chi connectivity index (χ3n) is 4.90. The molecule has 3 aromatic carbocycles. The molecule has 2 nitrogen and oxygen atoms in total. The van der Waals surface area contributed by atoms with Crippen LogP contribution in [0.25, 0.3) is 22.5 Å². The van der Waals surface area contributed by atoms with Crippen molar-refractivity contribution in [2.45, 2.75) is 13.0 Å². The van der Waals surface area contributed by atoms with E-state index in [9.17, 15) is 0 Å². The van der Waals surface area contributed by atoms with Crippen LogP contribution in [0.5, 0.6) is 0 Å². The monoisotopic (exact) mass is 432 g/mol. The number of hydrogen-bond donors (Lipinski definition) is 0. The van der Waals surface area contributed by atoms with Crippen LogP contribution >= 0.6 is 15.9 Å². The summed E-state index contributed by atoms with van der Waals surface area (Å²) in [5.41, 5.74) is 5.40. The Morgan fingerprint density at radius 2 is 1.39 bits per heavy atom. The van der Waals surface area contributed by atoms with Gasteiger partial charge in [-0.05, 0) is 30.2 Å². The molecule has 0 aliphatic rings. The fourth-order valence-corrected chi connectivity index (χ4v) is 3.88. The third-order valence-corrected chi connectivity index (χ3v) is 5.43. The molecule has 1 atom stereocenters. The van der Waals surface area contributed by atoms with Gasteiger partial charge in [0.15, 0.2) is 0 Å². The standard InChI is InChI=1S/C25H21BrO2/c1-17-22(24(27-2)19-9-5-3-6-10-19)23(18-13-15-21(26)16-14-18)25(28-17)20-11-7-4-8-12-20/h3-16,24H,1-2H3. The molecule has 1 heterocycles. The van der Waals surface area contributed by atoms with Crippen LogP contribution in [0, 0.1) is 6.92 Å². The van der Waals surface area contributed by atoms with E-state index in [1.165, 1.54) is 0 Å². The number of hydrogen-bond acceptors (Lipinski definition) is 2. The summed E-state index contributed by atoms with van der Waals surface area (Å²) in [5, 5.41) is 0. The van der Waals surface area contributed by atoms with Crippen molar-refractivity contribution in [1.82, 2.24) is 0 Å². The van der Waals surface area contributed by atoms with E-state index < -0.39 is 0 Å². The van der Waals surface area contributed by atoms with Crippen molar-refractivity contribution in [3.8, 4) is 22.5 Å². The van der Waals surface area contributed by atoms with Gasteiger partial charge in [-0.25, -0.2) is 0 Å². The maximum absolute atomic E-state index is 6.33. The largest absolute Gasteiger partial charge is 0.460 e. The second-order valence-electron chi connectivity index (χ2n) is 6.68. The number of benzene rings is 3. The summed E-state index contributed by atoms with van der Waals surface area (Å²) in [6.07, 6.45) is -0.207. The lowest BCUT2D eigenvalue weighted by molar-refractivity contribution is 0.135. The van der Waals surface area contributed by atoms with Gasteiger partial charge < -0.3 is 9.15 Å². The first kappa shape index (κ1) is 18.7. The van der Waals surface area contributed by atoms with E-state index in [0.29, 0.717) is 0 Å². The van der Waals surface area contributed by atoms with E-state index >= 15 is 0 Å². The molecule has 0 aliphatic carbocycles. The van der Waals surface area contributed by atoms with Gasteiger partial charge in [0.05, 0.1) is 0 Å². The number of rotatable bonds is 5. The van der Waals surface area contributed by atoms with Gasteiger partial charge in [0.1, 0.15) is 17.6 Å². The predicted molar refractivity (Wildman–Crippen MR) is 117 cm³/mol. The highest BCUT2D eigenvalue weighted by Crippen LogP contribution is 2.44. The van der Waals surface area contributed by atoms with E-state index in [1.807, 2.05) is 43.3 Å². The zero-order chi connectivity index (χ0) is 19.5. The van der Waals surface area contributed by atoms with Crippen LogP contribution in [0.3, 0.4) is 0 Å². The SMILES string of the molecule is COC(c1ccccc1)c1c(C)oc(-c2ccccc2)c1-c1ccc(Br)cc1. The number of halogens is 1. The quantitative estimate of drug-likeness (QED) is 0.327. The number of ether oxygens (including phenoxy) is 1. The number of aryl methyl sites for hydroxylation is 1. The Morgan fingerprint density at radius 1 is 0.786 bits per heavy atom. The van der Waals surface area contributed by atoms with Crippen molar-refractivity contribution in [2.75, 3.05) is 7.11 Å². The molecule has 1 unspecified atom stereocenters. The van der Waals surface area contributed by atoms with Crippen LogP contribution in [0.1, 0.15) is 23.0 Å². The molecule has 140 valence electrons. The van der Waals surface area contributed by atoms with Crippen LogP contribution in [-0.4, -0.2) is 7.11 Å². The Kier molecular flexibility index (Phi) is 5.47. The Labute approximate surface area is 173 Å². The van der Waals surface area contributed by atoms with Gasteiger partial charge in [0, 0.05) is 28.3 Å². The van der Waals surface area contributed by atoms with Crippen molar-refractivity contribution in [2.24, 2.45) is 0 Å². The molecule has 0 saturated carbocycles. The second kappa shape index (κ2) is 8.17. The Balaban J connectivity index is 1.98. The van der Waals surface area contributed by atoms with Gasteiger partial charge in [-0.1, -0.05) is 88.7 Å². The average Bonchev–Trinajstić information content (AvgIpc) is 3.08. The lowest BCUT2D eigenvalue weighted by Crippen LogP contribution is -2.05. The van der Waals surface area contributed by atoms with Crippen LogP contribution in [-0.2, 0) is 4.74 Å². The van der Waals surface area contributed by atoms with E-state index in [4.69, 9.17) is 9.15 Å². The van der Waals surface area contributed by atoms with Gasteiger partial charge in [-0.2, -0.15) is 0 Å². The highest BCUT2D eigenvalue weighted by atomic mass is 79.9. The zero-order valence-electron chi connectivity index (χ0n) is 15.9. The summed E-state index contributed by atoms with van der Waals surface area (Å²) in [7, 11) is 1.75. The Bertz CT molecular complexity index is 1050. The van der Waals surface area contributed by atoms with E-state index in [1.54, 1.807) is 7.11 Å². The van der Waals surface area contributed by atoms with Crippen LogP contribution in [0.4, 0.5) is 0 Å². The molecule has 1 aromatic heterocycles. The van der Waals surface area contributed by atoms with E-state index in [-0.39, 0.29) is 6.10 Å². The van der Waals surface area contributed by atoms with Gasteiger partial charge in [0.25, 0.3) is 0 Å². The van der Waals surface area contributed by atoms with Crippen LogP contribution in [0.15, 0.2) is 93.8 Å². The molecule has 0 radical (unpaired) electrons. The fourth-order valence-electron chi connectivity index (χ4n) is 3.62. The Morgan fingerprint density at radius 3 is 2.00 bits per heavy atom. The minimum Gasteiger partial charge on any atom is -0.460 e. The van der Waals surface area contributed by atoms with Crippen molar-refractivity contribution in [3.63, 3.8) is 0 Å². The summed E-state index contributed by atoms with van der Waals surface area (Å²) >= 11 is 3.54. The van der Waals surface area contributed by atoms with Gasteiger partial charge >= 0.3 is 0 Å². The van der Waals surface area contributed by atoms with Crippen molar-refractivity contribution in [1.29, 1.82) is 0 Å². The minimum absolute atomic E-state index is 0.207. The molecule has 4 aromatic rings. The molecule has 0 bridgehead atoms. The zero-order valence-corrected chi connectivity index (χ0v) is 17.4. The lowest BCUT2D eigenvalue weighted by atomic mass is 9.91. The third kappa shape index (κ3) is 3.56. The van der Waals surface area contributed by atoms with Crippen molar-refractivity contribution >= 4 is 15.9 Å². The first-order chi connectivity index (χ1) is 13.7. The smallest absolute Gasteiger partial charge is 0.142 e. The molecule has 0 aliphatic heterocycles. The molecule has 28 heavy (non-hydrogen) atoms. The number of methoxy groups -OCH3 is 1. The lowest BCUT2D eigenvalue weighted by Gasteiger charge is -2.18. The van der Waals surface area contributed by atoms with Crippen molar-refractivity contribution in [3.05, 3.63) is 106 Å². The summed E-state index contributed by atoms with van der Waals surface area (Å²) in [5.74, 6) is 1.74. The first-order valence-corrected chi connectivity index (χ1v) is 10.0. The van der Waals surface area contributed by atoms with Gasteiger partial charge in [-0.3, -0.25) is 0 Å². The summed E-state index contributed by atoms with van der Waals surface area (Å²) in [4.78, 5) is 0. The van der Waals surface area contributed by atoms with E-state index in [0.717, 1.165) is 43.8 Å². The molecule has 3 heteroatoms. The highest BCUT2D eigenvalue weighted by Gasteiger charge is 2.27. The second-order valence-corrected chi connectivity index (χ2v) is 7.59. The van der Waals surface area contributed by atoms with Crippen LogP contribution in [0.2, 0.25) is 0 Å². The molecule has 0 fully saturated rings.